The van der Waals surface area contributed by atoms with Crippen molar-refractivity contribution in [2.24, 2.45) is 0 Å². The van der Waals surface area contributed by atoms with Crippen molar-refractivity contribution in [2.45, 2.75) is 39.3 Å². The monoisotopic (exact) mass is 208 g/mol. The van der Waals surface area contributed by atoms with Crippen LogP contribution in [0, 0.1) is 0 Å². The first-order chi connectivity index (χ1) is 7.22. The Labute approximate surface area is 91.8 Å². The van der Waals surface area contributed by atoms with Gasteiger partial charge in [-0.3, -0.25) is 0 Å². The summed E-state index contributed by atoms with van der Waals surface area (Å²) in [5.74, 6) is 0.973. The Morgan fingerprint density at radius 1 is 1.33 bits per heavy atom. The molecule has 0 unspecified atom stereocenters. The SMILES string of the molecule is CCC(CC)N(C)c1ccc(CO)cn1. The molecule has 0 aliphatic heterocycles. The van der Waals surface area contributed by atoms with Crippen LogP contribution in [-0.4, -0.2) is 23.2 Å². The zero-order valence-electron chi connectivity index (χ0n) is 9.77. The predicted octanol–water partition coefficient (Wildman–Crippen LogP) is 2.20. The van der Waals surface area contributed by atoms with Gasteiger partial charge in [-0.1, -0.05) is 19.9 Å². The van der Waals surface area contributed by atoms with Crippen LogP contribution in [-0.2, 0) is 6.61 Å². The number of anilines is 1. The Hall–Kier alpha value is -1.09. The van der Waals surface area contributed by atoms with Gasteiger partial charge in [-0.2, -0.15) is 0 Å². The molecular formula is C12H20N2O. The van der Waals surface area contributed by atoms with Crippen LogP contribution in [0.25, 0.3) is 0 Å². The van der Waals surface area contributed by atoms with Crippen LogP contribution in [0.4, 0.5) is 5.82 Å². The number of aromatic nitrogens is 1. The van der Waals surface area contributed by atoms with Gasteiger partial charge < -0.3 is 10.0 Å². The van der Waals surface area contributed by atoms with Crippen LogP contribution in [0.15, 0.2) is 18.3 Å². The number of hydrogen-bond donors (Lipinski definition) is 1. The Morgan fingerprint density at radius 2 is 2.00 bits per heavy atom. The highest BCUT2D eigenvalue weighted by Gasteiger charge is 2.11. The van der Waals surface area contributed by atoms with E-state index in [4.69, 9.17) is 5.11 Å². The number of rotatable bonds is 5. The number of aliphatic hydroxyl groups is 1. The van der Waals surface area contributed by atoms with Gasteiger partial charge >= 0.3 is 0 Å². The second-order valence-electron chi connectivity index (χ2n) is 3.76. The molecule has 84 valence electrons. The average molecular weight is 208 g/mol. The minimum absolute atomic E-state index is 0.0575. The topological polar surface area (TPSA) is 36.4 Å². The van der Waals surface area contributed by atoms with Gasteiger partial charge in [0.2, 0.25) is 0 Å². The third-order valence-corrected chi connectivity index (χ3v) is 2.84. The van der Waals surface area contributed by atoms with E-state index in [0.717, 1.165) is 24.2 Å². The molecule has 0 aliphatic carbocycles. The van der Waals surface area contributed by atoms with Crippen LogP contribution >= 0.6 is 0 Å². The first-order valence-electron chi connectivity index (χ1n) is 5.51. The molecule has 1 rings (SSSR count). The van der Waals surface area contributed by atoms with E-state index in [1.165, 1.54) is 0 Å². The van der Waals surface area contributed by atoms with Crippen molar-refractivity contribution < 1.29 is 5.11 Å². The Morgan fingerprint density at radius 3 is 2.40 bits per heavy atom. The highest BCUT2D eigenvalue weighted by atomic mass is 16.3. The molecule has 1 heterocycles. The molecule has 15 heavy (non-hydrogen) atoms. The van der Waals surface area contributed by atoms with E-state index < -0.39 is 0 Å². The van der Waals surface area contributed by atoms with Gasteiger partial charge in [-0.05, 0) is 24.5 Å². The number of pyridine rings is 1. The summed E-state index contributed by atoms with van der Waals surface area (Å²) in [6.07, 6.45) is 3.97. The van der Waals surface area contributed by atoms with Gasteiger partial charge in [0.1, 0.15) is 5.82 Å². The number of nitrogens with zero attached hydrogens (tertiary/aromatic N) is 2. The highest BCUT2D eigenvalue weighted by Crippen LogP contribution is 2.16. The molecule has 1 N–H and O–H groups in total. The fourth-order valence-electron chi connectivity index (χ4n) is 1.74. The van der Waals surface area contributed by atoms with E-state index in [1.807, 2.05) is 12.1 Å². The van der Waals surface area contributed by atoms with E-state index >= 15 is 0 Å². The second-order valence-corrected chi connectivity index (χ2v) is 3.76. The van der Waals surface area contributed by atoms with E-state index in [1.54, 1.807) is 6.20 Å². The van der Waals surface area contributed by atoms with Crippen LogP contribution in [0.5, 0.6) is 0 Å². The number of hydrogen-bond acceptors (Lipinski definition) is 3. The van der Waals surface area contributed by atoms with Crippen molar-refractivity contribution >= 4 is 5.82 Å². The average Bonchev–Trinajstić information content (AvgIpc) is 2.30. The summed E-state index contributed by atoms with van der Waals surface area (Å²) in [6, 6.07) is 4.42. The van der Waals surface area contributed by atoms with E-state index in [0.29, 0.717) is 6.04 Å². The molecule has 0 spiro atoms. The van der Waals surface area contributed by atoms with Gasteiger partial charge in [0.15, 0.2) is 0 Å². The molecule has 3 nitrogen and oxygen atoms in total. The molecule has 0 radical (unpaired) electrons. The van der Waals surface area contributed by atoms with Crippen molar-refractivity contribution in [2.75, 3.05) is 11.9 Å². The summed E-state index contributed by atoms with van der Waals surface area (Å²) >= 11 is 0. The Bertz CT molecular complexity index is 280. The normalized spacial score (nSPS) is 10.7. The lowest BCUT2D eigenvalue weighted by Crippen LogP contribution is -2.30. The zero-order valence-corrected chi connectivity index (χ0v) is 9.77. The summed E-state index contributed by atoms with van der Waals surface area (Å²) in [5, 5.41) is 8.92. The summed E-state index contributed by atoms with van der Waals surface area (Å²) in [5.41, 5.74) is 0.858. The third kappa shape index (κ3) is 2.93. The van der Waals surface area contributed by atoms with E-state index in [2.05, 4.69) is 30.8 Å². The molecule has 1 aromatic heterocycles. The molecule has 1 aromatic rings. The fourth-order valence-corrected chi connectivity index (χ4v) is 1.74. The molecule has 0 aromatic carbocycles. The first-order valence-corrected chi connectivity index (χ1v) is 5.51. The highest BCUT2D eigenvalue weighted by molar-refractivity contribution is 5.39. The summed E-state index contributed by atoms with van der Waals surface area (Å²) in [6.45, 7) is 4.43. The van der Waals surface area contributed by atoms with Gasteiger partial charge in [-0.25, -0.2) is 4.98 Å². The maximum Gasteiger partial charge on any atom is 0.128 e. The van der Waals surface area contributed by atoms with E-state index in [-0.39, 0.29) is 6.61 Å². The van der Waals surface area contributed by atoms with Crippen molar-refractivity contribution in [1.29, 1.82) is 0 Å². The van der Waals surface area contributed by atoms with Crippen LogP contribution < -0.4 is 4.90 Å². The molecular weight excluding hydrogens is 188 g/mol. The molecule has 0 bridgehead atoms. The summed E-state index contributed by atoms with van der Waals surface area (Å²) in [4.78, 5) is 6.53. The molecule has 0 amide bonds. The van der Waals surface area contributed by atoms with Crippen LogP contribution in [0.1, 0.15) is 32.3 Å². The summed E-state index contributed by atoms with van der Waals surface area (Å²) in [7, 11) is 2.07. The minimum atomic E-state index is 0.0575. The Kier molecular flexibility index (Phi) is 4.56. The molecule has 0 aliphatic rings. The first kappa shape index (κ1) is 12.0. The maximum atomic E-state index is 8.92. The standard InChI is InChI=1S/C12H20N2O/c1-4-11(5-2)14(3)12-7-6-10(9-15)8-13-12/h6-8,11,15H,4-5,9H2,1-3H3. The summed E-state index contributed by atoms with van der Waals surface area (Å²) < 4.78 is 0. The van der Waals surface area contributed by atoms with Crippen LogP contribution in [0.2, 0.25) is 0 Å². The lowest BCUT2D eigenvalue weighted by molar-refractivity contribution is 0.281. The zero-order chi connectivity index (χ0) is 11.3. The molecule has 3 heteroatoms. The molecule has 0 saturated heterocycles. The Balaban J connectivity index is 2.76. The lowest BCUT2D eigenvalue weighted by atomic mass is 10.1. The number of aliphatic hydroxyl groups excluding tert-OH is 1. The maximum absolute atomic E-state index is 8.92. The van der Waals surface area contributed by atoms with Gasteiger partial charge in [0, 0.05) is 19.3 Å². The van der Waals surface area contributed by atoms with Gasteiger partial charge in [-0.15, -0.1) is 0 Å². The van der Waals surface area contributed by atoms with Crippen LogP contribution in [0.3, 0.4) is 0 Å². The smallest absolute Gasteiger partial charge is 0.128 e. The molecule has 0 fully saturated rings. The quantitative estimate of drug-likeness (QED) is 0.806. The van der Waals surface area contributed by atoms with E-state index in [9.17, 15) is 0 Å². The molecule has 0 saturated carbocycles. The van der Waals surface area contributed by atoms with Crippen molar-refractivity contribution in [3.8, 4) is 0 Å². The largest absolute Gasteiger partial charge is 0.392 e. The second kappa shape index (κ2) is 5.71. The minimum Gasteiger partial charge on any atom is -0.392 e. The predicted molar refractivity (Wildman–Crippen MR) is 62.9 cm³/mol. The van der Waals surface area contributed by atoms with Crippen molar-refractivity contribution in [1.82, 2.24) is 4.98 Å². The van der Waals surface area contributed by atoms with Gasteiger partial charge in [0.25, 0.3) is 0 Å². The molecule has 0 atom stereocenters. The lowest BCUT2D eigenvalue weighted by Gasteiger charge is -2.27. The fraction of sp³-hybridized carbons (Fsp3) is 0.583. The third-order valence-electron chi connectivity index (χ3n) is 2.84. The van der Waals surface area contributed by atoms with Crippen molar-refractivity contribution in [3.63, 3.8) is 0 Å². The van der Waals surface area contributed by atoms with Gasteiger partial charge in [0.05, 0.1) is 6.61 Å². The van der Waals surface area contributed by atoms with Crippen molar-refractivity contribution in [3.05, 3.63) is 23.9 Å².